The summed E-state index contributed by atoms with van der Waals surface area (Å²) in [4.78, 5) is 26.2. The van der Waals surface area contributed by atoms with Crippen LogP contribution in [0.1, 0.15) is 0 Å². The minimum absolute atomic E-state index is 0.0205. The van der Waals surface area contributed by atoms with Crippen molar-refractivity contribution >= 4 is 23.2 Å². The summed E-state index contributed by atoms with van der Waals surface area (Å²) in [6.45, 7) is 0.0708. The Morgan fingerprint density at radius 3 is 1.70 bits per heavy atom. The zero-order valence-electron chi connectivity index (χ0n) is 17.8. The lowest BCUT2D eigenvalue weighted by atomic mass is 10.2. The van der Waals surface area contributed by atoms with Gasteiger partial charge in [0, 0.05) is 23.5 Å². The maximum Gasteiger partial charge on any atom is 0.238 e. The zero-order valence-corrected chi connectivity index (χ0v) is 17.8. The van der Waals surface area contributed by atoms with Crippen molar-refractivity contribution in [3.8, 4) is 23.0 Å². The van der Waals surface area contributed by atoms with E-state index in [0.717, 1.165) is 0 Å². The number of rotatable bonds is 10. The zero-order chi connectivity index (χ0) is 22.1. The quantitative estimate of drug-likeness (QED) is 0.612. The molecule has 0 atom stereocenters. The van der Waals surface area contributed by atoms with Gasteiger partial charge in [-0.15, -0.1) is 0 Å². The number of hydrogen-bond donors (Lipinski definition) is 2. The van der Waals surface area contributed by atoms with Gasteiger partial charge in [-0.05, 0) is 31.3 Å². The molecule has 9 heteroatoms. The molecule has 0 saturated heterocycles. The molecule has 2 N–H and O–H groups in total. The highest BCUT2D eigenvalue weighted by Crippen LogP contribution is 2.39. The summed E-state index contributed by atoms with van der Waals surface area (Å²) in [7, 11) is 7.76. The van der Waals surface area contributed by atoms with Gasteiger partial charge in [-0.25, -0.2) is 0 Å². The van der Waals surface area contributed by atoms with Crippen LogP contribution in [0.15, 0.2) is 36.4 Å². The summed E-state index contributed by atoms with van der Waals surface area (Å²) in [5.41, 5.74) is 1.14. The van der Waals surface area contributed by atoms with Crippen molar-refractivity contribution in [2.45, 2.75) is 0 Å². The standard InChI is InChI=1S/C21H27N3O6/c1-24(12-19(25)22-14-6-8-16(27-2)9-7-14)13-20(26)23-15-10-17(28-3)21(30-5)18(11-15)29-4/h6-11H,12-13H2,1-5H3,(H,22,25)(H,23,26). The van der Waals surface area contributed by atoms with Gasteiger partial charge in [-0.3, -0.25) is 14.5 Å². The van der Waals surface area contributed by atoms with Gasteiger partial charge in [-0.1, -0.05) is 0 Å². The van der Waals surface area contributed by atoms with Crippen molar-refractivity contribution in [1.29, 1.82) is 0 Å². The number of likely N-dealkylation sites (N-methyl/N-ethyl adjacent to an activating group) is 1. The predicted octanol–water partition coefficient (Wildman–Crippen LogP) is 2.23. The van der Waals surface area contributed by atoms with E-state index >= 15 is 0 Å². The lowest BCUT2D eigenvalue weighted by Gasteiger charge is -2.17. The molecule has 9 nitrogen and oxygen atoms in total. The molecule has 30 heavy (non-hydrogen) atoms. The van der Waals surface area contributed by atoms with Gasteiger partial charge < -0.3 is 29.6 Å². The maximum atomic E-state index is 12.4. The van der Waals surface area contributed by atoms with Crippen LogP contribution in [0.2, 0.25) is 0 Å². The summed E-state index contributed by atoms with van der Waals surface area (Å²) in [5, 5.41) is 5.54. The first kappa shape index (κ1) is 22.8. The Bertz CT molecular complexity index is 845. The fourth-order valence-electron chi connectivity index (χ4n) is 2.77. The minimum Gasteiger partial charge on any atom is -0.497 e. The fraction of sp³-hybridized carbons (Fsp3) is 0.333. The monoisotopic (exact) mass is 417 g/mol. The van der Waals surface area contributed by atoms with Gasteiger partial charge in [0.1, 0.15) is 5.75 Å². The number of ether oxygens (including phenoxy) is 4. The Kier molecular flexibility index (Phi) is 8.30. The molecule has 0 aliphatic rings. The number of benzene rings is 2. The Labute approximate surface area is 175 Å². The van der Waals surface area contributed by atoms with Gasteiger partial charge in [0.15, 0.2) is 11.5 Å². The maximum absolute atomic E-state index is 12.4. The average molecular weight is 417 g/mol. The highest BCUT2D eigenvalue weighted by molar-refractivity contribution is 5.95. The molecular weight excluding hydrogens is 390 g/mol. The fourth-order valence-corrected chi connectivity index (χ4v) is 2.77. The molecular formula is C21H27N3O6. The Morgan fingerprint density at radius 1 is 0.767 bits per heavy atom. The molecule has 2 amide bonds. The number of carbonyl (C=O) groups excluding carboxylic acids is 2. The van der Waals surface area contributed by atoms with Crippen molar-refractivity contribution in [1.82, 2.24) is 4.90 Å². The SMILES string of the molecule is COc1ccc(NC(=O)CN(C)CC(=O)Nc2cc(OC)c(OC)c(OC)c2)cc1. The summed E-state index contributed by atoms with van der Waals surface area (Å²) in [6, 6.07) is 10.3. The number of methoxy groups -OCH3 is 4. The lowest BCUT2D eigenvalue weighted by molar-refractivity contribution is -0.119. The van der Waals surface area contributed by atoms with Crippen LogP contribution in [0.5, 0.6) is 23.0 Å². The molecule has 162 valence electrons. The normalized spacial score (nSPS) is 10.3. The molecule has 2 aromatic rings. The van der Waals surface area contributed by atoms with Gasteiger partial charge in [0.25, 0.3) is 0 Å². The summed E-state index contributed by atoms with van der Waals surface area (Å²) >= 11 is 0. The number of nitrogens with zero attached hydrogens (tertiary/aromatic N) is 1. The van der Waals surface area contributed by atoms with Gasteiger partial charge in [-0.2, -0.15) is 0 Å². The third kappa shape index (κ3) is 6.28. The van der Waals surface area contributed by atoms with Crippen molar-refractivity contribution < 1.29 is 28.5 Å². The van der Waals surface area contributed by atoms with Gasteiger partial charge >= 0.3 is 0 Å². The largest absolute Gasteiger partial charge is 0.497 e. The first-order valence-corrected chi connectivity index (χ1v) is 9.12. The second-order valence-electron chi connectivity index (χ2n) is 6.41. The third-order valence-corrected chi connectivity index (χ3v) is 4.15. The van der Waals surface area contributed by atoms with E-state index in [1.54, 1.807) is 55.5 Å². The molecule has 0 aromatic heterocycles. The topological polar surface area (TPSA) is 98.4 Å². The summed E-state index contributed by atoms with van der Waals surface area (Å²) < 4.78 is 20.9. The van der Waals surface area contributed by atoms with Crippen molar-refractivity contribution in [3.05, 3.63) is 36.4 Å². The third-order valence-electron chi connectivity index (χ3n) is 4.15. The number of hydrogen-bond acceptors (Lipinski definition) is 7. The summed E-state index contributed by atoms with van der Waals surface area (Å²) in [5.74, 6) is 1.48. The van der Waals surface area contributed by atoms with Crippen molar-refractivity contribution in [2.24, 2.45) is 0 Å². The van der Waals surface area contributed by atoms with Crippen molar-refractivity contribution in [2.75, 3.05) is 59.2 Å². The van der Waals surface area contributed by atoms with Gasteiger partial charge in [0.05, 0.1) is 41.5 Å². The van der Waals surface area contributed by atoms with E-state index in [2.05, 4.69) is 10.6 Å². The number of anilines is 2. The van der Waals surface area contributed by atoms with E-state index in [9.17, 15) is 9.59 Å². The molecule has 0 radical (unpaired) electrons. The molecule has 0 aliphatic heterocycles. The number of carbonyl (C=O) groups is 2. The number of nitrogens with one attached hydrogen (secondary N) is 2. The van der Waals surface area contributed by atoms with E-state index in [0.29, 0.717) is 34.4 Å². The molecule has 0 heterocycles. The Balaban J connectivity index is 1.91. The minimum atomic E-state index is -0.288. The second-order valence-corrected chi connectivity index (χ2v) is 6.41. The first-order chi connectivity index (χ1) is 14.4. The molecule has 0 bridgehead atoms. The van der Waals surface area contributed by atoms with Crippen LogP contribution < -0.4 is 29.6 Å². The van der Waals surface area contributed by atoms with E-state index < -0.39 is 0 Å². The summed E-state index contributed by atoms with van der Waals surface area (Å²) in [6.07, 6.45) is 0. The number of amides is 2. The Morgan fingerprint density at radius 2 is 1.27 bits per heavy atom. The van der Waals surface area contributed by atoms with Crippen LogP contribution in [0.25, 0.3) is 0 Å². The molecule has 2 rings (SSSR count). The van der Waals surface area contributed by atoms with Crippen LogP contribution in [-0.2, 0) is 9.59 Å². The smallest absolute Gasteiger partial charge is 0.238 e. The van der Waals surface area contributed by atoms with Crippen LogP contribution in [-0.4, -0.2) is 65.3 Å². The van der Waals surface area contributed by atoms with Crippen LogP contribution >= 0.6 is 0 Å². The molecule has 0 spiro atoms. The van der Waals surface area contributed by atoms with E-state index in [-0.39, 0.29) is 24.9 Å². The lowest BCUT2D eigenvalue weighted by Crippen LogP contribution is -2.36. The molecule has 0 saturated carbocycles. The van der Waals surface area contributed by atoms with E-state index in [1.165, 1.54) is 21.3 Å². The van der Waals surface area contributed by atoms with Crippen LogP contribution in [0.4, 0.5) is 11.4 Å². The van der Waals surface area contributed by atoms with Crippen molar-refractivity contribution in [3.63, 3.8) is 0 Å². The van der Waals surface area contributed by atoms with E-state index in [1.807, 2.05) is 0 Å². The van der Waals surface area contributed by atoms with Gasteiger partial charge in [0.2, 0.25) is 17.6 Å². The first-order valence-electron chi connectivity index (χ1n) is 9.12. The van der Waals surface area contributed by atoms with Crippen LogP contribution in [0.3, 0.4) is 0 Å². The molecule has 2 aromatic carbocycles. The average Bonchev–Trinajstić information content (AvgIpc) is 2.73. The highest BCUT2D eigenvalue weighted by atomic mass is 16.5. The Hall–Kier alpha value is -3.46. The molecule has 0 unspecified atom stereocenters. The second kappa shape index (κ2) is 10.9. The predicted molar refractivity (Wildman–Crippen MR) is 114 cm³/mol. The highest BCUT2D eigenvalue weighted by Gasteiger charge is 2.16. The molecule has 0 fully saturated rings. The van der Waals surface area contributed by atoms with E-state index in [4.69, 9.17) is 18.9 Å². The van der Waals surface area contributed by atoms with Crippen LogP contribution in [0, 0.1) is 0 Å². The molecule has 0 aliphatic carbocycles.